The largest absolute Gasteiger partial charge is 0.493 e. The van der Waals surface area contributed by atoms with Crippen molar-refractivity contribution < 1.29 is 9.84 Å². The van der Waals surface area contributed by atoms with Gasteiger partial charge in [-0.05, 0) is 69.2 Å². The molecule has 0 aromatic heterocycles. The van der Waals surface area contributed by atoms with Crippen molar-refractivity contribution in [2.75, 3.05) is 6.61 Å². The van der Waals surface area contributed by atoms with E-state index in [1.54, 1.807) is 6.08 Å². The molecule has 4 nitrogen and oxygen atoms in total. The summed E-state index contributed by atoms with van der Waals surface area (Å²) in [6, 6.07) is 14.4. The van der Waals surface area contributed by atoms with Gasteiger partial charge < -0.3 is 9.84 Å². The van der Waals surface area contributed by atoms with Crippen molar-refractivity contribution in [2.24, 2.45) is 9.98 Å². The van der Waals surface area contributed by atoms with E-state index in [4.69, 9.17) is 9.73 Å². The number of ether oxygens (including phenoxy) is 1. The van der Waals surface area contributed by atoms with Crippen LogP contribution in [0.15, 0.2) is 64.4 Å². The van der Waals surface area contributed by atoms with Crippen LogP contribution in [0.4, 0.5) is 0 Å². The van der Waals surface area contributed by atoms with Gasteiger partial charge in [0.1, 0.15) is 5.75 Å². The number of hydrogen-bond donors (Lipinski definition) is 1. The Kier molecular flexibility index (Phi) is 6.86. The fraction of sp³-hybridized carbons (Fsp3) is 0.360. The first kappa shape index (κ1) is 20.8. The van der Waals surface area contributed by atoms with E-state index in [-0.39, 0.29) is 5.88 Å². The van der Waals surface area contributed by atoms with Gasteiger partial charge in [-0.3, -0.25) is 0 Å². The number of aliphatic hydroxyl groups is 1. The average Bonchev–Trinajstić information content (AvgIpc) is 3.53. The first-order valence-corrected chi connectivity index (χ1v) is 10.4. The lowest BCUT2D eigenvalue weighted by Gasteiger charge is -2.13. The molecule has 4 heteroatoms. The maximum atomic E-state index is 10.2. The van der Waals surface area contributed by atoms with E-state index in [9.17, 15) is 5.11 Å². The quantitative estimate of drug-likeness (QED) is 0.341. The van der Waals surface area contributed by atoms with Crippen molar-refractivity contribution in [1.82, 2.24) is 0 Å². The zero-order valence-corrected chi connectivity index (χ0v) is 17.8. The number of rotatable bonds is 7. The molecule has 0 radical (unpaired) electrons. The normalized spacial score (nSPS) is 15.5. The number of aryl methyl sites for hydroxylation is 1. The van der Waals surface area contributed by atoms with Crippen LogP contribution in [0.2, 0.25) is 0 Å². The molecule has 1 aliphatic carbocycles. The summed E-state index contributed by atoms with van der Waals surface area (Å²) in [4.78, 5) is 9.22. The van der Waals surface area contributed by atoms with Crippen LogP contribution < -0.4 is 4.74 Å². The summed E-state index contributed by atoms with van der Waals surface area (Å²) >= 11 is 0. The maximum absolute atomic E-state index is 10.2. The number of aliphatic imine (C=N–C) groups is 2. The van der Waals surface area contributed by atoms with Crippen LogP contribution in [0, 0.1) is 6.92 Å². The van der Waals surface area contributed by atoms with Crippen molar-refractivity contribution in [3.8, 4) is 5.75 Å². The van der Waals surface area contributed by atoms with E-state index in [2.05, 4.69) is 17.1 Å². The lowest BCUT2D eigenvalue weighted by molar-refractivity contribution is 0.339. The molecule has 0 amide bonds. The molecule has 2 aromatic rings. The first-order chi connectivity index (χ1) is 14.0. The minimum Gasteiger partial charge on any atom is -0.493 e. The number of benzene rings is 2. The summed E-state index contributed by atoms with van der Waals surface area (Å²) in [5, 5.41) is 10.2. The van der Waals surface area contributed by atoms with Crippen molar-refractivity contribution in [3.63, 3.8) is 0 Å². The number of aliphatic hydroxyl groups excluding tert-OH is 1. The lowest BCUT2D eigenvalue weighted by atomic mass is 10.0. The average molecular weight is 391 g/mol. The molecule has 0 atom stereocenters. The first-order valence-electron chi connectivity index (χ1n) is 10.4. The molecule has 0 aliphatic heterocycles. The van der Waals surface area contributed by atoms with Crippen molar-refractivity contribution in [2.45, 2.75) is 52.9 Å². The zero-order chi connectivity index (χ0) is 20.8. The summed E-state index contributed by atoms with van der Waals surface area (Å²) in [5.74, 6) is 1.99. The van der Waals surface area contributed by atoms with Crippen molar-refractivity contribution >= 4 is 11.5 Å². The standard InChI is InChI=1S/C25H30N2O2/c1-5-8-23(28)27-25(21-15-13-20(14-16-21)19-11-12-19)26-18(4)24-17(3)9-7-10-22(24)29-6-2/h7-10,13-16,19,28H,5-6,11-12H2,1-4H3/b23-8-,26-18+,27-25-. The van der Waals surface area contributed by atoms with E-state index in [0.29, 0.717) is 24.8 Å². The molecule has 0 heterocycles. The summed E-state index contributed by atoms with van der Waals surface area (Å²) in [6.07, 6.45) is 4.93. The predicted molar refractivity (Wildman–Crippen MR) is 121 cm³/mol. The monoisotopic (exact) mass is 390 g/mol. The Morgan fingerprint density at radius 2 is 1.83 bits per heavy atom. The van der Waals surface area contributed by atoms with Gasteiger partial charge in [0, 0.05) is 11.1 Å². The highest BCUT2D eigenvalue weighted by Gasteiger charge is 2.23. The van der Waals surface area contributed by atoms with Gasteiger partial charge in [0.05, 0.1) is 12.3 Å². The van der Waals surface area contributed by atoms with Gasteiger partial charge >= 0.3 is 0 Å². The topological polar surface area (TPSA) is 54.2 Å². The van der Waals surface area contributed by atoms with Crippen molar-refractivity contribution in [3.05, 3.63) is 76.7 Å². The molecule has 0 saturated heterocycles. The summed E-state index contributed by atoms with van der Waals surface area (Å²) < 4.78 is 5.81. The fourth-order valence-electron chi connectivity index (χ4n) is 3.41. The molecular weight excluding hydrogens is 360 g/mol. The van der Waals surface area contributed by atoms with E-state index in [0.717, 1.165) is 28.2 Å². The third kappa shape index (κ3) is 5.35. The van der Waals surface area contributed by atoms with E-state index >= 15 is 0 Å². The number of amidine groups is 1. The van der Waals surface area contributed by atoms with Gasteiger partial charge in [-0.1, -0.05) is 43.3 Å². The Hall–Kier alpha value is -2.88. The van der Waals surface area contributed by atoms with Crippen LogP contribution in [0.5, 0.6) is 5.75 Å². The van der Waals surface area contributed by atoms with E-state index in [1.807, 2.05) is 58.0 Å². The molecule has 2 aromatic carbocycles. The maximum Gasteiger partial charge on any atom is 0.208 e. The second kappa shape index (κ2) is 9.55. The molecule has 3 rings (SSSR count). The molecule has 29 heavy (non-hydrogen) atoms. The van der Waals surface area contributed by atoms with E-state index < -0.39 is 0 Å². The fourth-order valence-corrected chi connectivity index (χ4v) is 3.41. The zero-order valence-electron chi connectivity index (χ0n) is 17.8. The van der Waals surface area contributed by atoms with Crippen LogP contribution in [0.1, 0.15) is 68.2 Å². The Labute approximate surface area is 173 Å². The third-order valence-electron chi connectivity index (χ3n) is 4.99. The van der Waals surface area contributed by atoms with Crippen LogP contribution in [-0.4, -0.2) is 23.3 Å². The minimum absolute atomic E-state index is 0.0138. The molecule has 152 valence electrons. The second-order valence-corrected chi connectivity index (χ2v) is 7.38. The minimum atomic E-state index is -0.0138. The van der Waals surface area contributed by atoms with Gasteiger partial charge in [-0.15, -0.1) is 0 Å². The van der Waals surface area contributed by atoms with Gasteiger partial charge in [-0.2, -0.15) is 4.99 Å². The molecular formula is C25H30N2O2. The van der Waals surface area contributed by atoms with Gasteiger partial charge in [0.2, 0.25) is 5.88 Å². The SMILES string of the molecule is CC/C=C(O)/N=C(\N=C(/C)c1c(C)cccc1OCC)c1ccc(C2CC2)cc1. The third-order valence-corrected chi connectivity index (χ3v) is 4.99. The van der Waals surface area contributed by atoms with Crippen LogP contribution >= 0.6 is 0 Å². The molecule has 0 unspecified atom stereocenters. The van der Waals surface area contributed by atoms with Crippen LogP contribution in [0.3, 0.4) is 0 Å². The lowest BCUT2D eigenvalue weighted by Crippen LogP contribution is -2.08. The summed E-state index contributed by atoms with van der Waals surface area (Å²) in [6.45, 7) is 8.53. The number of hydrogen-bond acceptors (Lipinski definition) is 3. The van der Waals surface area contributed by atoms with Crippen LogP contribution in [0.25, 0.3) is 0 Å². The Morgan fingerprint density at radius 3 is 2.45 bits per heavy atom. The molecule has 1 fully saturated rings. The second-order valence-electron chi connectivity index (χ2n) is 7.38. The Morgan fingerprint density at radius 1 is 1.10 bits per heavy atom. The highest BCUT2D eigenvalue weighted by Crippen LogP contribution is 2.40. The Balaban J connectivity index is 2.03. The summed E-state index contributed by atoms with van der Waals surface area (Å²) in [5.41, 5.74) is 5.11. The number of nitrogens with zero attached hydrogens (tertiary/aromatic N) is 2. The van der Waals surface area contributed by atoms with Crippen LogP contribution in [-0.2, 0) is 0 Å². The molecule has 1 N–H and O–H groups in total. The smallest absolute Gasteiger partial charge is 0.208 e. The van der Waals surface area contributed by atoms with Gasteiger partial charge in [0.15, 0.2) is 5.84 Å². The highest BCUT2D eigenvalue weighted by atomic mass is 16.5. The molecule has 1 saturated carbocycles. The predicted octanol–water partition coefficient (Wildman–Crippen LogP) is 6.34. The highest BCUT2D eigenvalue weighted by molar-refractivity contribution is 6.13. The van der Waals surface area contributed by atoms with E-state index in [1.165, 1.54) is 18.4 Å². The summed E-state index contributed by atoms with van der Waals surface area (Å²) in [7, 11) is 0. The molecule has 0 bridgehead atoms. The Bertz CT molecular complexity index is 936. The van der Waals surface area contributed by atoms with Gasteiger partial charge in [-0.25, -0.2) is 4.99 Å². The van der Waals surface area contributed by atoms with Gasteiger partial charge in [0.25, 0.3) is 0 Å². The molecule has 1 aliphatic rings. The van der Waals surface area contributed by atoms with Crippen molar-refractivity contribution in [1.29, 1.82) is 0 Å². The molecule has 0 spiro atoms. The number of allylic oxidation sites excluding steroid dienone is 1.